The zero-order valence-electron chi connectivity index (χ0n) is 11.6. The quantitative estimate of drug-likeness (QED) is 0.469. The molecular weight excluding hydrogens is 294 g/mol. The molecule has 2 rings (SSSR count). The van der Waals surface area contributed by atoms with Crippen molar-refractivity contribution in [3.8, 4) is 0 Å². The minimum absolute atomic E-state index is 0.00788. The van der Waals surface area contributed by atoms with Crippen LogP contribution in [0.2, 0.25) is 0 Å². The Morgan fingerprint density at radius 1 is 1.50 bits per heavy atom. The summed E-state index contributed by atoms with van der Waals surface area (Å²) in [6.45, 7) is 0.586. The van der Waals surface area contributed by atoms with E-state index < -0.39 is 22.8 Å². The van der Waals surface area contributed by atoms with E-state index >= 15 is 0 Å². The van der Waals surface area contributed by atoms with Gasteiger partial charge in [-0.1, -0.05) is 6.07 Å². The van der Waals surface area contributed by atoms with Crippen molar-refractivity contribution in [2.24, 2.45) is 0 Å². The lowest BCUT2D eigenvalue weighted by molar-refractivity contribution is -0.383. The highest BCUT2D eigenvalue weighted by molar-refractivity contribution is 6.01. The van der Waals surface area contributed by atoms with Crippen molar-refractivity contribution in [1.82, 2.24) is 4.90 Å². The van der Waals surface area contributed by atoms with Gasteiger partial charge in [0.1, 0.15) is 5.69 Å². The third kappa shape index (κ3) is 3.14. The lowest BCUT2D eigenvalue weighted by Gasteiger charge is -2.35. The SMILES string of the molecule is Nc1c(C(=O)N2CCOCC2CC(=O)O)cccc1[N+](=O)[O-]. The third-order valence-electron chi connectivity index (χ3n) is 3.41. The van der Waals surface area contributed by atoms with E-state index in [0.717, 1.165) is 0 Å². The van der Waals surface area contributed by atoms with Gasteiger partial charge in [-0.2, -0.15) is 0 Å². The van der Waals surface area contributed by atoms with Crippen molar-refractivity contribution in [1.29, 1.82) is 0 Å². The minimum Gasteiger partial charge on any atom is -0.481 e. The number of nitrogens with two attached hydrogens (primary N) is 1. The number of ether oxygens (including phenoxy) is 1. The fraction of sp³-hybridized carbons (Fsp3) is 0.385. The van der Waals surface area contributed by atoms with Gasteiger partial charge in [0, 0.05) is 12.6 Å². The molecule has 1 atom stereocenters. The number of anilines is 1. The fourth-order valence-corrected chi connectivity index (χ4v) is 2.35. The first-order valence-electron chi connectivity index (χ1n) is 6.55. The van der Waals surface area contributed by atoms with Gasteiger partial charge in [0.25, 0.3) is 11.6 Å². The summed E-state index contributed by atoms with van der Waals surface area (Å²) in [6, 6.07) is 3.34. The smallest absolute Gasteiger partial charge is 0.305 e. The van der Waals surface area contributed by atoms with E-state index in [1.54, 1.807) is 0 Å². The highest BCUT2D eigenvalue weighted by Gasteiger charge is 2.31. The largest absolute Gasteiger partial charge is 0.481 e. The number of rotatable bonds is 4. The summed E-state index contributed by atoms with van der Waals surface area (Å²) in [6.07, 6.45) is -0.263. The normalized spacial score (nSPS) is 18.0. The van der Waals surface area contributed by atoms with Crippen LogP contribution in [0.4, 0.5) is 11.4 Å². The maximum Gasteiger partial charge on any atom is 0.305 e. The van der Waals surface area contributed by atoms with Crippen molar-refractivity contribution in [2.45, 2.75) is 12.5 Å². The summed E-state index contributed by atoms with van der Waals surface area (Å²) in [4.78, 5) is 35.0. The molecule has 3 N–H and O–H groups in total. The average molecular weight is 309 g/mol. The number of aliphatic carboxylic acids is 1. The van der Waals surface area contributed by atoms with Crippen LogP contribution in [0, 0.1) is 10.1 Å². The van der Waals surface area contributed by atoms with E-state index in [4.69, 9.17) is 15.6 Å². The van der Waals surface area contributed by atoms with Crippen LogP contribution in [0.15, 0.2) is 18.2 Å². The molecule has 1 aliphatic heterocycles. The Hall–Kier alpha value is -2.68. The number of nitrogens with zero attached hydrogens (tertiary/aromatic N) is 2. The number of carboxylic acids is 1. The van der Waals surface area contributed by atoms with Crippen LogP contribution in [-0.2, 0) is 9.53 Å². The molecule has 1 heterocycles. The fourth-order valence-electron chi connectivity index (χ4n) is 2.35. The van der Waals surface area contributed by atoms with E-state index in [1.165, 1.54) is 23.1 Å². The van der Waals surface area contributed by atoms with Gasteiger partial charge in [0.05, 0.1) is 36.2 Å². The van der Waals surface area contributed by atoms with Crippen molar-refractivity contribution in [2.75, 3.05) is 25.5 Å². The molecule has 1 unspecified atom stereocenters. The van der Waals surface area contributed by atoms with Gasteiger partial charge < -0.3 is 20.5 Å². The Balaban J connectivity index is 2.31. The number of carboxylic acid groups (broad SMARTS) is 1. The van der Waals surface area contributed by atoms with E-state index in [2.05, 4.69) is 0 Å². The monoisotopic (exact) mass is 309 g/mol. The van der Waals surface area contributed by atoms with Crippen LogP contribution in [0.1, 0.15) is 16.8 Å². The van der Waals surface area contributed by atoms with Gasteiger partial charge in [-0.25, -0.2) is 0 Å². The second kappa shape index (κ2) is 6.39. The first-order chi connectivity index (χ1) is 10.4. The number of hydrogen-bond acceptors (Lipinski definition) is 6. The summed E-state index contributed by atoms with van der Waals surface area (Å²) in [5.41, 5.74) is 5.12. The van der Waals surface area contributed by atoms with E-state index in [9.17, 15) is 19.7 Å². The van der Waals surface area contributed by atoms with Crippen molar-refractivity contribution in [3.05, 3.63) is 33.9 Å². The zero-order chi connectivity index (χ0) is 16.3. The van der Waals surface area contributed by atoms with Crippen molar-refractivity contribution < 1.29 is 24.4 Å². The minimum atomic E-state index is -1.06. The number of nitro groups is 1. The van der Waals surface area contributed by atoms with Gasteiger partial charge in [-0.3, -0.25) is 19.7 Å². The predicted octanol–water partition coefficient (Wildman–Crippen LogP) is 0.493. The van der Waals surface area contributed by atoms with Gasteiger partial charge in [-0.05, 0) is 6.07 Å². The van der Waals surface area contributed by atoms with Crippen LogP contribution in [0.3, 0.4) is 0 Å². The van der Waals surface area contributed by atoms with Crippen LogP contribution in [0.25, 0.3) is 0 Å². The molecule has 1 amide bonds. The second-order valence-electron chi connectivity index (χ2n) is 4.82. The van der Waals surface area contributed by atoms with Crippen LogP contribution >= 0.6 is 0 Å². The highest BCUT2D eigenvalue weighted by atomic mass is 16.6. The molecule has 0 bridgehead atoms. The van der Waals surface area contributed by atoms with Gasteiger partial charge >= 0.3 is 5.97 Å². The number of para-hydroxylation sites is 1. The summed E-state index contributed by atoms with van der Waals surface area (Å²) < 4.78 is 5.19. The number of morpholine rings is 1. The molecule has 0 spiro atoms. The number of nitro benzene ring substituents is 1. The molecule has 9 heteroatoms. The lowest BCUT2D eigenvalue weighted by atomic mass is 10.1. The highest BCUT2D eigenvalue weighted by Crippen LogP contribution is 2.27. The molecule has 1 aromatic carbocycles. The molecule has 1 aromatic rings. The predicted molar refractivity (Wildman–Crippen MR) is 75.4 cm³/mol. The summed E-state index contributed by atoms with van der Waals surface area (Å²) in [5, 5.41) is 19.8. The van der Waals surface area contributed by atoms with E-state index in [-0.39, 0.29) is 43.1 Å². The first-order valence-corrected chi connectivity index (χ1v) is 6.55. The lowest BCUT2D eigenvalue weighted by Crippen LogP contribution is -2.49. The van der Waals surface area contributed by atoms with Crippen molar-refractivity contribution >= 4 is 23.3 Å². The van der Waals surface area contributed by atoms with Gasteiger partial charge in [0.15, 0.2) is 0 Å². The Morgan fingerprint density at radius 3 is 2.86 bits per heavy atom. The standard InChI is InChI=1S/C13H15N3O6/c14-12-9(2-1-3-10(12)16(20)21)13(19)15-4-5-22-7-8(15)6-11(17)18/h1-3,8H,4-7,14H2,(H,17,18). The molecule has 0 aliphatic carbocycles. The topological polar surface area (TPSA) is 136 Å². The van der Waals surface area contributed by atoms with E-state index in [0.29, 0.717) is 0 Å². The Kier molecular flexibility index (Phi) is 4.56. The second-order valence-corrected chi connectivity index (χ2v) is 4.82. The molecule has 9 nitrogen and oxygen atoms in total. The van der Waals surface area contributed by atoms with Gasteiger partial charge in [-0.15, -0.1) is 0 Å². The molecule has 118 valence electrons. The van der Waals surface area contributed by atoms with Crippen LogP contribution in [0.5, 0.6) is 0 Å². The number of amides is 1. The number of hydrogen-bond donors (Lipinski definition) is 2. The molecule has 1 aliphatic rings. The molecule has 0 radical (unpaired) electrons. The first kappa shape index (κ1) is 15.7. The molecule has 0 saturated carbocycles. The molecule has 22 heavy (non-hydrogen) atoms. The van der Waals surface area contributed by atoms with Crippen molar-refractivity contribution in [3.63, 3.8) is 0 Å². The Labute approximate surface area is 125 Å². The average Bonchev–Trinajstić information content (AvgIpc) is 2.46. The third-order valence-corrected chi connectivity index (χ3v) is 3.41. The molecule has 1 saturated heterocycles. The molecule has 1 fully saturated rings. The van der Waals surface area contributed by atoms with Gasteiger partial charge in [0.2, 0.25) is 0 Å². The number of nitrogen functional groups attached to an aromatic ring is 1. The zero-order valence-corrected chi connectivity index (χ0v) is 11.6. The van der Waals surface area contributed by atoms with Crippen LogP contribution in [-0.4, -0.2) is 52.6 Å². The summed E-state index contributed by atoms with van der Waals surface area (Å²) in [5.74, 6) is -1.59. The Bertz CT molecular complexity index is 618. The maximum absolute atomic E-state index is 12.6. The number of carbonyl (C=O) groups is 2. The van der Waals surface area contributed by atoms with E-state index in [1.807, 2.05) is 0 Å². The Morgan fingerprint density at radius 2 is 2.23 bits per heavy atom. The number of carbonyl (C=O) groups excluding carboxylic acids is 1. The van der Waals surface area contributed by atoms with Crippen LogP contribution < -0.4 is 5.73 Å². The molecule has 0 aromatic heterocycles. The maximum atomic E-state index is 12.6. The number of benzene rings is 1. The summed E-state index contributed by atoms with van der Waals surface area (Å²) >= 11 is 0. The summed E-state index contributed by atoms with van der Waals surface area (Å²) in [7, 11) is 0. The molecular formula is C13H15N3O6.